The molecular formula is C26H24ClF7O3. The number of alkyl halides is 8. The molecule has 3 unspecified atom stereocenters. The third-order valence-electron chi connectivity index (χ3n) is 6.97. The van der Waals surface area contributed by atoms with Crippen LogP contribution < -0.4 is 0 Å². The molecule has 0 N–H and O–H groups in total. The van der Waals surface area contributed by atoms with Gasteiger partial charge in [-0.1, -0.05) is 80.1 Å². The maximum atomic E-state index is 14.9. The van der Waals surface area contributed by atoms with E-state index in [-0.39, 0.29) is 6.61 Å². The Morgan fingerprint density at radius 3 is 2.19 bits per heavy atom. The Morgan fingerprint density at radius 2 is 1.65 bits per heavy atom. The number of rotatable bonds is 9. The maximum absolute atomic E-state index is 14.9. The lowest BCUT2D eigenvalue weighted by molar-refractivity contribution is -0.351. The molecule has 3 atom stereocenters. The summed E-state index contributed by atoms with van der Waals surface area (Å²) in [7, 11) is 0. The maximum Gasteiger partial charge on any atom is 0.457 e. The SMILES string of the molecule is C=CC1(C(=O)OCc2cccc(-c3ccccc3)c2C)C(C(F)(F)OC(Cl)C(F)(F)C(F)(F)F)C1(C)C. The molecule has 37 heavy (non-hydrogen) atoms. The molecule has 11 heteroatoms. The van der Waals surface area contributed by atoms with Crippen LogP contribution in [0.4, 0.5) is 30.7 Å². The van der Waals surface area contributed by atoms with Gasteiger partial charge in [0.1, 0.15) is 12.0 Å². The molecule has 1 fully saturated rings. The smallest absolute Gasteiger partial charge is 0.457 e. The van der Waals surface area contributed by atoms with Gasteiger partial charge in [0, 0.05) is 0 Å². The van der Waals surface area contributed by atoms with Gasteiger partial charge < -0.3 is 4.74 Å². The van der Waals surface area contributed by atoms with Gasteiger partial charge in [-0.25, -0.2) is 0 Å². The van der Waals surface area contributed by atoms with Gasteiger partial charge in [0.25, 0.3) is 0 Å². The van der Waals surface area contributed by atoms with Crippen molar-refractivity contribution in [2.75, 3.05) is 0 Å². The molecule has 3 rings (SSSR count). The third-order valence-corrected chi connectivity index (χ3v) is 7.33. The minimum Gasteiger partial charge on any atom is -0.460 e. The molecule has 3 nitrogen and oxygen atoms in total. The Labute approximate surface area is 214 Å². The Morgan fingerprint density at radius 1 is 1.05 bits per heavy atom. The summed E-state index contributed by atoms with van der Waals surface area (Å²) in [6.45, 7) is 7.30. The number of ether oxygens (including phenoxy) is 2. The second-order valence-electron chi connectivity index (χ2n) is 9.38. The summed E-state index contributed by atoms with van der Waals surface area (Å²) in [5, 5.41) is 0. The van der Waals surface area contributed by atoms with Gasteiger partial charge in [0.05, 0.1) is 5.92 Å². The van der Waals surface area contributed by atoms with Crippen molar-refractivity contribution in [3.05, 3.63) is 72.3 Å². The van der Waals surface area contributed by atoms with Crippen LogP contribution in [0.3, 0.4) is 0 Å². The number of carbonyl (C=O) groups is 1. The van der Waals surface area contributed by atoms with Crippen molar-refractivity contribution >= 4 is 17.6 Å². The molecule has 1 aliphatic rings. The standard InChI is InChI=1S/C26H24ClF7O3/c1-5-23(19(22(23,3)4)25(30,31)37-20(27)24(28,29)26(32,33)34)21(35)36-14-17-12-9-13-18(15(17)2)16-10-7-6-8-11-16/h5-13,19-20H,1,14H2,2-4H3. The summed E-state index contributed by atoms with van der Waals surface area (Å²) in [5.74, 6) is -9.09. The molecule has 0 spiro atoms. The molecule has 202 valence electrons. The van der Waals surface area contributed by atoms with Crippen LogP contribution in [0.1, 0.15) is 25.0 Å². The summed E-state index contributed by atoms with van der Waals surface area (Å²) < 4.78 is 103. The highest BCUT2D eigenvalue weighted by Crippen LogP contribution is 2.75. The largest absolute Gasteiger partial charge is 0.460 e. The lowest BCUT2D eigenvalue weighted by Crippen LogP contribution is -2.48. The van der Waals surface area contributed by atoms with E-state index in [2.05, 4.69) is 11.3 Å². The molecule has 1 saturated carbocycles. The highest BCUT2D eigenvalue weighted by atomic mass is 35.5. The van der Waals surface area contributed by atoms with Gasteiger partial charge in [0.2, 0.25) is 5.56 Å². The van der Waals surface area contributed by atoms with Crippen molar-refractivity contribution in [2.45, 2.75) is 51.1 Å². The Kier molecular flexibility index (Phi) is 7.53. The predicted molar refractivity (Wildman–Crippen MR) is 123 cm³/mol. The van der Waals surface area contributed by atoms with Crippen LogP contribution in [0.15, 0.2) is 61.2 Å². The van der Waals surface area contributed by atoms with Crippen LogP contribution in [0.25, 0.3) is 11.1 Å². The van der Waals surface area contributed by atoms with E-state index in [0.717, 1.165) is 22.8 Å². The van der Waals surface area contributed by atoms with Crippen LogP contribution in [0, 0.1) is 23.7 Å². The van der Waals surface area contributed by atoms with Crippen LogP contribution in [-0.4, -0.2) is 29.7 Å². The number of hydrogen-bond acceptors (Lipinski definition) is 3. The lowest BCUT2D eigenvalue weighted by Gasteiger charge is -2.28. The Balaban J connectivity index is 1.81. The summed E-state index contributed by atoms with van der Waals surface area (Å²) >= 11 is 4.93. The highest BCUT2D eigenvalue weighted by Gasteiger charge is 2.84. The van der Waals surface area contributed by atoms with Crippen LogP contribution in [0.5, 0.6) is 0 Å². The van der Waals surface area contributed by atoms with E-state index in [9.17, 15) is 35.5 Å². The first-order chi connectivity index (χ1) is 16.9. The quantitative estimate of drug-likeness (QED) is 0.137. The second-order valence-corrected chi connectivity index (χ2v) is 9.77. The monoisotopic (exact) mass is 552 g/mol. The fourth-order valence-electron chi connectivity index (χ4n) is 4.77. The summed E-state index contributed by atoms with van der Waals surface area (Å²) in [4.78, 5) is 13.1. The first kappa shape index (κ1) is 29.0. The third kappa shape index (κ3) is 4.85. The van der Waals surface area contributed by atoms with E-state index in [1.807, 2.05) is 36.4 Å². The minimum absolute atomic E-state index is 0.305. The average Bonchev–Trinajstić information content (AvgIpc) is 3.35. The number of halogens is 8. The van der Waals surface area contributed by atoms with Gasteiger partial charge in [0.15, 0.2) is 0 Å². The first-order valence-electron chi connectivity index (χ1n) is 11.0. The van der Waals surface area contributed by atoms with Crippen LogP contribution >= 0.6 is 11.6 Å². The van der Waals surface area contributed by atoms with Crippen LogP contribution in [-0.2, 0) is 20.9 Å². The van der Waals surface area contributed by atoms with Gasteiger partial charge in [-0.05, 0) is 34.6 Å². The summed E-state index contributed by atoms with van der Waals surface area (Å²) in [6.07, 6.45) is -10.0. The lowest BCUT2D eigenvalue weighted by atomic mass is 9.95. The molecule has 0 aliphatic heterocycles. The molecule has 0 amide bonds. The van der Waals surface area contributed by atoms with Gasteiger partial charge >= 0.3 is 24.2 Å². The summed E-state index contributed by atoms with van der Waals surface area (Å²) in [5.41, 5.74) is -4.42. The number of esters is 1. The molecule has 0 radical (unpaired) electrons. The number of benzene rings is 2. The molecular weight excluding hydrogens is 529 g/mol. The number of carbonyl (C=O) groups excluding carboxylic acids is 1. The zero-order valence-electron chi connectivity index (χ0n) is 20.0. The zero-order valence-corrected chi connectivity index (χ0v) is 20.8. The Bertz CT molecular complexity index is 1160. The number of hydrogen-bond donors (Lipinski definition) is 0. The van der Waals surface area contributed by atoms with Gasteiger partial charge in [-0.3, -0.25) is 9.53 Å². The molecule has 2 aromatic rings. The summed E-state index contributed by atoms with van der Waals surface area (Å²) in [6, 6.07) is 14.6. The predicted octanol–water partition coefficient (Wildman–Crippen LogP) is 7.91. The van der Waals surface area contributed by atoms with E-state index in [1.54, 1.807) is 19.1 Å². The van der Waals surface area contributed by atoms with Gasteiger partial charge in [-0.2, -0.15) is 30.7 Å². The Hall–Kier alpha value is -2.59. The van der Waals surface area contributed by atoms with Crippen molar-refractivity contribution in [2.24, 2.45) is 16.7 Å². The molecule has 0 aromatic heterocycles. The fraction of sp³-hybridized carbons (Fsp3) is 0.423. The molecule has 2 aromatic carbocycles. The van der Waals surface area contributed by atoms with Crippen molar-refractivity contribution < 1.29 is 45.0 Å². The first-order valence-corrected chi connectivity index (χ1v) is 11.5. The second kappa shape index (κ2) is 9.62. The molecule has 1 aliphatic carbocycles. The van der Waals surface area contributed by atoms with Crippen molar-refractivity contribution in [3.63, 3.8) is 0 Å². The van der Waals surface area contributed by atoms with Crippen molar-refractivity contribution in [3.8, 4) is 11.1 Å². The van der Waals surface area contributed by atoms with Crippen molar-refractivity contribution in [1.29, 1.82) is 0 Å². The van der Waals surface area contributed by atoms with E-state index in [1.165, 1.54) is 13.8 Å². The fourth-order valence-corrected chi connectivity index (χ4v) is 5.01. The van der Waals surface area contributed by atoms with Gasteiger partial charge in [-0.15, -0.1) is 6.58 Å². The van der Waals surface area contributed by atoms with E-state index >= 15 is 0 Å². The van der Waals surface area contributed by atoms with E-state index in [0.29, 0.717) is 5.56 Å². The van der Waals surface area contributed by atoms with E-state index < -0.39 is 46.5 Å². The van der Waals surface area contributed by atoms with E-state index in [4.69, 9.17) is 16.3 Å². The molecule has 0 bridgehead atoms. The minimum atomic E-state index is -6.23. The normalized spacial score (nSPS) is 22.3. The topological polar surface area (TPSA) is 35.5 Å². The van der Waals surface area contributed by atoms with Crippen molar-refractivity contribution in [1.82, 2.24) is 0 Å². The molecule has 0 saturated heterocycles. The average molecular weight is 553 g/mol. The van der Waals surface area contributed by atoms with Crippen LogP contribution in [0.2, 0.25) is 0 Å². The highest BCUT2D eigenvalue weighted by molar-refractivity contribution is 6.20. The zero-order chi connectivity index (χ0) is 28.0. The molecule has 0 heterocycles.